The summed E-state index contributed by atoms with van der Waals surface area (Å²) in [4.78, 5) is 26.5. The Labute approximate surface area is 137 Å². The summed E-state index contributed by atoms with van der Waals surface area (Å²) >= 11 is 9.34. The molecule has 0 bridgehead atoms. The van der Waals surface area contributed by atoms with Gasteiger partial charge in [-0.2, -0.15) is 0 Å². The molecule has 2 amide bonds. The molecule has 1 atom stereocenters. The number of nitrogens with zero attached hydrogens (tertiary/aromatic N) is 1. The third-order valence-corrected chi connectivity index (χ3v) is 4.53. The van der Waals surface area contributed by atoms with Crippen molar-refractivity contribution < 1.29 is 9.59 Å². The molecule has 1 saturated heterocycles. The molecular weight excluding hydrogens is 356 g/mol. The van der Waals surface area contributed by atoms with Crippen molar-refractivity contribution in [3.63, 3.8) is 0 Å². The molecule has 0 spiro atoms. The van der Waals surface area contributed by atoms with Gasteiger partial charge in [0.15, 0.2) is 0 Å². The number of carbonyl (C=O) groups excluding carboxylic acids is 2. The smallest absolute Gasteiger partial charge is 0.254 e. The Hall–Kier alpha value is -1.07. The van der Waals surface area contributed by atoms with Gasteiger partial charge < -0.3 is 10.2 Å². The average molecular weight is 372 g/mol. The predicted molar refractivity (Wildman–Crippen MR) is 84.4 cm³/mol. The molecule has 1 aromatic rings. The largest absolute Gasteiger partial charge is 0.352 e. The van der Waals surface area contributed by atoms with Crippen molar-refractivity contribution in [3.8, 4) is 0 Å². The molecular formula is C15H16BrClN2O2. The predicted octanol–water partition coefficient (Wildman–Crippen LogP) is 2.99. The molecule has 2 aliphatic rings. The van der Waals surface area contributed by atoms with Crippen LogP contribution < -0.4 is 5.32 Å². The van der Waals surface area contributed by atoms with Gasteiger partial charge in [-0.1, -0.05) is 27.5 Å². The van der Waals surface area contributed by atoms with Crippen LogP contribution in [0.3, 0.4) is 0 Å². The summed E-state index contributed by atoms with van der Waals surface area (Å²) < 4.78 is 0.761. The molecule has 1 unspecified atom stereocenters. The summed E-state index contributed by atoms with van der Waals surface area (Å²) in [5, 5.41) is 3.49. The normalized spacial score (nSPS) is 21.4. The van der Waals surface area contributed by atoms with Crippen LogP contribution in [0, 0.1) is 0 Å². The Morgan fingerprint density at radius 1 is 1.24 bits per heavy atom. The lowest BCUT2D eigenvalue weighted by Gasteiger charge is -2.24. The van der Waals surface area contributed by atoms with Gasteiger partial charge in [0, 0.05) is 27.6 Å². The molecule has 6 heteroatoms. The van der Waals surface area contributed by atoms with Gasteiger partial charge in [0.1, 0.15) is 6.04 Å². The quantitative estimate of drug-likeness (QED) is 0.888. The van der Waals surface area contributed by atoms with Crippen LogP contribution in [0.4, 0.5) is 0 Å². The third kappa shape index (κ3) is 3.40. The maximum atomic E-state index is 12.6. The van der Waals surface area contributed by atoms with E-state index in [0.29, 0.717) is 23.2 Å². The van der Waals surface area contributed by atoms with Gasteiger partial charge in [0.25, 0.3) is 5.91 Å². The summed E-state index contributed by atoms with van der Waals surface area (Å²) in [5.41, 5.74) is 0.514. The van der Waals surface area contributed by atoms with Crippen molar-refractivity contribution in [2.45, 2.75) is 37.8 Å². The number of nitrogens with one attached hydrogen (secondary N) is 1. The third-order valence-electron chi connectivity index (χ3n) is 3.85. The van der Waals surface area contributed by atoms with Crippen LogP contribution in [0.15, 0.2) is 22.7 Å². The van der Waals surface area contributed by atoms with E-state index in [1.165, 1.54) is 0 Å². The fourth-order valence-corrected chi connectivity index (χ4v) is 3.51. The average Bonchev–Trinajstić information content (AvgIpc) is 3.09. The molecule has 1 aliphatic carbocycles. The van der Waals surface area contributed by atoms with Crippen molar-refractivity contribution in [2.24, 2.45) is 0 Å². The van der Waals surface area contributed by atoms with Gasteiger partial charge in [-0.05, 0) is 43.9 Å². The zero-order chi connectivity index (χ0) is 15.0. The molecule has 112 valence electrons. The molecule has 0 aromatic heterocycles. The zero-order valence-corrected chi connectivity index (χ0v) is 13.8. The number of carbonyl (C=O) groups is 2. The van der Waals surface area contributed by atoms with Gasteiger partial charge in [-0.15, -0.1) is 0 Å². The van der Waals surface area contributed by atoms with Gasteiger partial charge in [0.05, 0.1) is 0 Å². The molecule has 0 radical (unpaired) electrons. The summed E-state index contributed by atoms with van der Waals surface area (Å²) in [7, 11) is 0. The van der Waals surface area contributed by atoms with E-state index in [-0.39, 0.29) is 17.9 Å². The molecule has 1 N–H and O–H groups in total. The van der Waals surface area contributed by atoms with Gasteiger partial charge in [0.2, 0.25) is 5.91 Å². The van der Waals surface area contributed by atoms with E-state index in [1.54, 1.807) is 23.1 Å². The molecule has 1 aliphatic heterocycles. The lowest BCUT2D eigenvalue weighted by atomic mass is 10.1. The fourth-order valence-electron chi connectivity index (χ4n) is 2.65. The molecule has 4 nitrogen and oxygen atoms in total. The maximum Gasteiger partial charge on any atom is 0.254 e. The minimum Gasteiger partial charge on any atom is -0.352 e. The first-order valence-electron chi connectivity index (χ1n) is 7.12. The first kappa shape index (κ1) is 14.9. The number of rotatable bonds is 3. The lowest BCUT2D eigenvalue weighted by Crippen LogP contribution is -2.46. The Bertz CT molecular complexity index is 569. The summed E-state index contributed by atoms with van der Waals surface area (Å²) in [6, 6.07) is 5.08. The molecule has 21 heavy (non-hydrogen) atoms. The Balaban J connectivity index is 1.77. The summed E-state index contributed by atoms with van der Waals surface area (Å²) in [5.74, 6) is -0.156. The van der Waals surface area contributed by atoms with E-state index < -0.39 is 0 Å². The van der Waals surface area contributed by atoms with Crippen molar-refractivity contribution in [3.05, 3.63) is 33.3 Å². The van der Waals surface area contributed by atoms with E-state index in [4.69, 9.17) is 11.6 Å². The minimum absolute atomic E-state index is 0.0237. The number of hydrogen-bond acceptors (Lipinski definition) is 2. The maximum absolute atomic E-state index is 12.6. The van der Waals surface area contributed by atoms with Crippen LogP contribution in [0.1, 0.15) is 36.0 Å². The van der Waals surface area contributed by atoms with Crippen LogP contribution >= 0.6 is 27.5 Å². The highest BCUT2D eigenvalue weighted by atomic mass is 79.9. The molecule has 1 heterocycles. The van der Waals surface area contributed by atoms with Gasteiger partial charge in [-0.3, -0.25) is 9.59 Å². The number of halogens is 2. The Kier molecular flexibility index (Phi) is 4.22. The van der Waals surface area contributed by atoms with Crippen molar-refractivity contribution >= 4 is 39.3 Å². The number of amides is 2. The SMILES string of the molecule is O=C(NC1CC1)C1CCCN1C(=O)c1cc(Cl)cc(Br)c1. The first-order chi connectivity index (χ1) is 10.0. The second kappa shape index (κ2) is 5.97. The molecule has 1 saturated carbocycles. The fraction of sp³-hybridized carbons (Fsp3) is 0.467. The van der Waals surface area contributed by atoms with E-state index in [0.717, 1.165) is 30.2 Å². The lowest BCUT2D eigenvalue weighted by molar-refractivity contribution is -0.125. The van der Waals surface area contributed by atoms with Crippen molar-refractivity contribution in [1.82, 2.24) is 10.2 Å². The number of likely N-dealkylation sites (tertiary alicyclic amines) is 1. The zero-order valence-electron chi connectivity index (χ0n) is 11.4. The summed E-state index contributed by atoms with van der Waals surface area (Å²) in [6.45, 7) is 0.617. The van der Waals surface area contributed by atoms with Crippen LogP contribution in [0.25, 0.3) is 0 Å². The number of benzene rings is 1. The van der Waals surface area contributed by atoms with Gasteiger partial charge in [-0.25, -0.2) is 0 Å². The van der Waals surface area contributed by atoms with Crippen LogP contribution in [-0.4, -0.2) is 35.3 Å². The van der Waals surface area contributed by atoms with E-state index in [2.05, 4.69) is 21.2 Å². The highest BCUT2D eigenvalue weighted by Gasteiger charge is 2.36. The van der Waals surface area contributed by atoms with E-state index >= 15 is 0 Å². The van der Waals surface area contributed by atoms with Gasteiger partial charge >= 0.3 is 0 Å². The highest BCUT2D eigenvalue weighted by Crippen LogP contribution is 2.26. The second-order valence-corrected chi connectivity index (χ2v) is 6.95. The Morgan fingerprint density at radius 3 is 2.67 bits per heavy atom. The first-order valence-corrected chi connectivity index (χ1v) is 8.29. The molecule has 3 rings (SSSR count). The summed E-state index contributed by atoms with van der Waals surface area (Å²) in [6.07, 6.45) is 3.68. The molecule has 1 aromatic carbocycles. The Morgan fingerprint density at radius 2 is 2.00 bits per heavy atom. The van der Waals surface area contributed by atoms with Crippen LogP contribution in [0.2, 0.25) is 5.02 Å². The monoisotopic (exact) mass is 370 g/mol. The topological polar surface area (TPSA) is 49.4 Å². The minimum atomic E-state index is -0.351. The van der Waals surface area contributed by atoms with E-state index in [1.807, 2.05) is 0 Å². The molecule has 2 fully saturated rings. The standard InChI is InChI=1S/C15H16BrClN2O2/c16-10-6-9(7-11(17)8-10)15(21)19-5-1-2-13(19)14(20)18-12-3-4-12/h6-8,12-13H,1-5H2,(H,18,20). The highest BCUT2D eigenvalue weighted by molar-refractivity contribution is 9.10. The van der Waals surface area contributed by atoms with Crippen molar-refractivity contribution in [1.29, 1.82) is 0 Å². The van der Waals surface area contributed by atoms with Crippen molar-refractivity contribution in [2.75, 3.05) is 6.54 Å². The second-order valence-electron chi connectivity index (χ2n) is 5.60. The van der Waals surface area contributed by atoms with E-state index in [9.17, 15) is 9.59 Å². The van der Waals surface area contributed by atoms with Crippen LogP contribution in [-0.2, 0) is 4.79 Å². The van der Waals surface area contributed by atoms with Crippen LogP contribution in [0.5, 0.6) is 0 Å². The number of hydrogen-bond donors (Lipinski definition) is 1.